The van der Waals surface area contributed by atoms with E-state index in [4.69, 9.17) is 10.5 Å². The van der Waals surface area contributed by atoms with Gasteiger partial charge in [-0.05, 0) is 6.92 Å². The molecule has 0 saturated heterocycles. The number of primary amides is 1. The minimum atomic E-state index is -0.472. The van der Waals surface area contributed by atoms with Crippen molar-refractivity contribution in [1.29, 1.82) is 0 Å². The van der Waals surface area contributed by atoms with E-state index >= 15 is 0 Å². The van der Waals surface area contributed by atoms with E-state index in [1.54, 1.807) is 0 Å². The van der Waals surface area contributed by atoms with Crippen molar-refractivity contribution in [3.05, 3.63) is 11.4 Å². The van der Waals surface area contributed by atoms with E-state index in [1.165, 1.54) is 0 Å². The van der Waals surface area contributed by atoms with Crippen LogP contribution in [0.1, 0.15) is 32.2 Å². The minimum Gasteiger partial charge on any atom is -0.373 e. The van der Waals surface area contributed by atoms with Crippen molar-refractivity contribution in [2.24, 2.45) is 5.73 Å². The fourth-order valence-electron chi connectivity index (χ4n) is 1.68. The molecule has 0 bridgehead atoms. The summed E-state index contributed by atoms with van der Waals surface area (Å²) in [6.45, 7) is 9.00. The van der Waals surface area contributed by atoms with Gasteiger partial charge in [-0.15, -0.1) is 0 Å². The molecule has 1 amide bonds. The molecule has 7 nitrogen and oxygen atoms in total. The summed E-state index contributed by atoms with van der Waals surface area (Å²) in [5.74, 6) is 1.86. The summed E-state index contributed by atoms with van der Waals surface area (Å²) in [5.41, 5.74) is 5.81. The first-order valence-corrected chi connectivity index (χ1v) is 6.92. The molecule has 4 N–H and O–H groups in total. The molecule has 1 rings (SSSR count). The Hall–Kier alpha value is -1.89. The molecule has 0 aliphatic carbocycles. The van der Waals surface area contributed by atoms with Gasteiger partial charge < -0.3 is 21.1 Å². The third kappa shape index (κ3) is 5.18. The molecule has 1 heterocycles. The van der Waals surface area contributed by atoms with Gasteiger partial charge in [-0.2, -0.15) is 0 Å². The number of nitrogens with zero attached hydrogens (tertiary/aromatic N) is 2. The number of ether oxygens (including phenoxy) is 1. The van der Waals surface area contributed by atoms with Crippen molar-refractivity contribution in [1.82, 2.24) is 9.97 Å². The second kappa shape index (κ2) is 7.21. The van der Waals surface area contributed by atoms with Gasteiger partial charge in [0.1, 0.15) is 24.1 Å². The van der Waals surface area contributed by atoms with Gasteiger partial charge >= 0.3 is 0 Å². The van der Waals surface area contributed by atoms with Crippen molar-refractivity contribution in [2.45, 2.75) is 33.1 Å². The topological polar surface area (TPSA) is 102 Å². The highest BCUT2D eigenvalue weighted by atomic mass is 16.5. The number of amides is 1. The van der Waals surface area contributed by atoms with Crippen molar-refractivity contribution in [3.8, 4) is 0 Å². The molecule has 0 saturated carbocycles. The van der Waals surface area contributed by atoms with Gasteiger partial charge in [-0.1, -0.05) is 20.8 Å². The van der Waals surface area contributed by atoms with Crippen LogP contribution in [0.25, 0.3) is 0 Å². The Morgan fingerprint density at radius 3 is 2.43 bits per heavy atom. The molecule has 118 valence electrons. The Balaban J connectivity index is 2.78. The van der Waals surface area contributed by atoms with E-state index in [2.05, 4.69) is 41.4 Å². The summed E-state index contributed by atoms with van der Waals surface area (Å²) in [6.07, 6.45) is 0. The van der Waals surface area contributed by atoms with E-state index in [0.29, 0.717) is 13.2 Å². The number of nitrogens with one attached hydrogen (secondary N) is 2. The highest BCUT2D eigenvalue weighted by molar-refractivity contribution is 5.74. The minimum absolute atomic E-state index is 0.0700. The predicted octanol–water partition coefficient (Wildman–Crippen LogP) is 1.04. The molecule has 0 aromatic carbocycles. The second-order valence-corrected chi connectivity index (χ2v) is 5.82. The normalized spacial score (nSPS) is 11.3. The number of carbonyl (C=O) groups is 1. The molecule has 0 unspecified atom stereocenters. The first-order chi connectivity index (χ1) is 9.75. The molecule has 0 aliphatic heterocycles. The maximum atomic E-state index is 10.6. The number of rotatable bonds is 7. The summed E-state index contributed by atoms with van der Waals surface area (Å²) >= 11 is 0. The van der Waals surface area contributed by atoms with Crippen LogP contribution in [0.5, 0.6) is 0 Å². The molecule has 0 aliphatic rings. The lowest BCUT2D eigenvalue weighted by molar-refractivity contribution is -0.122. The molecule has 0 fully saturated rings. The smallest absolute Gasteiger partial charge is 0.243 e. The first-order valence-electron chi connectivity index (χ1n) is 6.92. The summed E-state index contributed by atoms with van der Waals surface area (Å²) in [5, 5.41) is 6.29. The molecular weight excluding hydrogens is 270 g/mol. The number of anilines is 2. The molecule has 0 radical (unpaired) electrons. The standard InChI is InChI=1S/C14H25N5O2/c1-9-11(16-5)18-13(14(2,3)4)19-12(9)17-6-7-21-8-10(15)20/h6-8H2,1-5H3,(H2,15,20)(H2,16,17,18,19). The zero-order valence-electron chi connectivity index (χ0n) is 13.4. The van der Waals surface area contributed by atoms with Gasteiger partial charge in [0.05, 0.1) is 6.61 Å². The average molecular weight is 295 g/mol. The van der Waals surface area contributed by atoms with E-state index in [0.717, 1.165) is 23.0 Å². The third-order valence-corrected chi connectivity index (χ3v) is 2.84. The van der Waals surface area contributed by atoms with Crippen LogP contribution in [-0.2, 0) is 14.9 Å². The molecule has 21 heavy (non-hydrogen) atoms. The lowest BCUT2D eigenvalue weighted by Crippen LogP contribution is -2.22. The van der Waals surface area contributed by atoms with Gasteiger partial charge in [-0.25, -0.2) is 9.97 Å². The van der Waals surface area contributed by atoms with Gasteiger partial charge in [0.25, 0.3) is 0 Å². The Morgan fingerprint density at radius 1 is 1.29 bits per heavy atom. The van der Waals surface area contributed by atoms with Gasteiger partial charge in [0.15, 0.2) is 0 Å². The summed E-state index contributed by atoms with van der Waals surface area (Å²) in [4.78, 5) is 19.7. The van der Waals surface area contributed by atoms with E-state index < -0.39 is 5.91 Å². The fraction of sp³-hybridized carbons (Fsp3) is 0.643. The summed E-state index contributed by atoms with van der Waals surface area (Å²) < 4.78 is 5.11. The summed E-state index contributed by atoms with van der Waals surface area (Å²) in [7, 11) is 1.83. The van der Waals surface area contributed by atoms with Gasteiger partial charge in [0.2, 0.25) is 5.91 Å². The highest BCUT2D eigenvalue weighted by Gasteiger charge is 2.20. The Morgan fingerprint density at radius 2 is 1.90 bits per heavy atom. The monoisotopic (exact) mass is 295 g/mol. The zero-order chi connectivity index (χ0) is 16.0. The van der Waals surface area contributed by atoms with Crippen molar-refractivity contribution in [3.63, 3.8) is 0 Å². The van der Waals surface area contributed by atoms with Crippen LogP contribution in [0.3, 0.4) is 0 Å². The number of hydrogen-bond donors (Lipinski definition) is 3. The van der Waals surface area contributed by atoms with Crippen LogP contribution in [-0.4, -0.2) is 42.7 Å². The Kier molecular flexibility index (Phi) is 5.90. The van der Waals surface area contributed by atoms with Crippen LogP contribution in [0.15, 0.2) is 0 Å². The molecule has 0 spiro atoms. The van der Waals surface area contributed by atoms with E-state index in [-0.39, 0.29) is 12.0 Å². The second-order valence-electron chi connectivity index (χ2n) is 5.82. The van der Waals surface area contributed by atoms with E-state index in [1.807, 2.05) is 14.0 Å². The first kappa shape index (κ1) is 17.2. The lowest BCUT2D eigenvalue weighted by Gasteiger charge is -2.20. The molecule has 0 atom stereocenters. The SMILES string of the molecule is CNc1nc(C(C)(C)C)nc(NCCOCC(N)=O)c1C. The fourth-order valence-corrected chi connectivity index (χ4v) is 1.68. The molecule has 1 aromatic rings. The molecule has 1 aromatic heterocycles. The van der Waals surface area contributed by atoms with Crippen LogP contribution < -0.4 is 16.4 Å². The van der Waals surface area contributed by atoms with Crippen molar-refractivity contribution >= 4 is 17.5 Å². The predicted molar refractivity (Wildman–Crippen MR) is 83.5 cm³/mol. The third-order valence-electron chi connectivity index (χ3n) is 2.84. The quantitative estimate of drug-likeness (QED) is 0.650. The Labute approximate surface area is 125 Å². The van der Waals surface area contributed by atoms with Crippen molar-refractivity contribution < 1.29 is 9.53 Å². The number of hydrogen-bond acceptors (Lipinski definition) is 6. The summed E-state index contributed by atoms with van der Waals surface area (Å²) in [6, 6.07) is 0. The van der Waals surface area contributed by atoms with Gasteiger partial charge in [-0.3, -0.25) is 4.79 Å². The average Bonchev–Trinajstić information content (AvgIpc) is 2.38. The van der Waals surface area contributed by atoms with E-state index in [9.17, 15) is 4.79 Å². The maximum Gasteiger partial charge on any atom is 0.243 e. The molecular formula is C14H25N5O2. The highest BCUT2D eigenvalue weighted by Crippen LogP contribution is 2.25. The zero-order valence-corrected chi connectivity index (χ0v) is 13.4. The largest absolute Gasteiger partial charge is 0.373 e. The van der Waals surface area contributed by atoms with Crippen LogP contribution in [0.4, 0.5) is 11.6 Å². The maximum absolute atomic E-state index is 10.6. The molecule has 7 heteroatoms. The number of carbonyl (C=O) groups excluding carboxylic acids is 1. The van der Waals surface area contributed by atoms with Crippen LogP contribution >= 0.6 is 0 Å². The van der Waals surface area contributed by atoms with Crippen LogP contribution in [0, 0.1) is 6.92 Å². The van der Waals surface area contributed by atoms with Gasteiger partial charge in [0, 0.05) is 24.6 Å². The number of nitrogens with two attached hydrogens (primary N) is 1. The number of aromatic nitrogens is 2. The van der Waals surface area contributed by atoms with Crippen molar-refractivity contribution in [2.75, 3.05) is 37.4 Å². The lowest BCUT2D eigenvalue weighted by atomic mass is 9.95. The van der Waals surface area contributed by atoms with Crippen LogP contribution in [0.2, 0.25) is 0 Å². The Bertz CT molecular complexity index is 497.